The van der Waals surface area contributed by atoms with E-state index in [-0.39, 0.29) is 16.7 Å². The molecule has 0 heterocycles. The van der Waals surface area contributed by atoms with E-state index in [1.54, 1.807) is 0 Å². The molecule has 2 rings (SSSR count). The number of carbonyl (C=O) groups is 1. The maximum Gasteiger partial charge on any atom is 0.338 e. The van der Waals surface area contributed by atoms with Crippen molar-refractivity contribution in [3.05, 3.63) is 29.6 Å². The number of carbonyl (C=O) groups excluding carboxylic acids is 1. The summed E-state index contributed by atoms with van der Waals surface area (Å²) in [6, 6.07) is 3.65. The molecule has 0 saturated heterocycles. The molecule has 1 aliphatic rings. The highest BCUT2D eigenvalue weighted by Gasteiger charge is 2.46. The van der Waals surface area contributed by atoms with E-state index in [4.69, 9.17) is 14.0 Å². The molecule has 0 spiro atoms. The Hall–Kier alpha value is -1.67. The zero-order valence-corrected chi connectivity index (χ0v) is 16.1. The second kappa shape index (κ2) is 7.52. The Morgan fingerprint density at radius 2 is 1.88 bits per heavy atom. The number of benzene rings is 1. The molecule has 1 aliphatic carbocycles. The lowest BCUT2D eigenvalue weighted by Crippen LogP contribution is -2.46. The summed E-state index contributed by atoms with van der Waals surface area (Å²) in [4.78, 5) is 12.0. The molecule has 1 fully saturated rings. The summed E-state index contributed by atoms with van der Waals surface area (Å²) in [5, 5.41) is 0. The van der Waals surface area contributed by atoms with Gasteiger partial charge in [-0.2, -0.15) is 8.42 Å². The maximum absolute atomic E-state index is 14.3. The van der Waals surface area contributed by atoms with Crippen molar-refractivity contribution in [3.8, 4) is 5.75 Å². The summed E-state index contributed by atoms with van der Waals surface area (Å²) in [7, 11) is -4.22. The highest BCUT2D eigenvalue weighted by atomic mass is 32.2. The fraction of sp³-hybridized carbons (Fsp3) is 0.611. The fourth-order valence-corrected chi connectivity index (χ4v) is 3.49. The van der Waals surface area contributed by atoms with Crippen LogP contribution in [0.4, 0.5) is 4.39 Å². The summed E-state index contributed by atoms with van der Waals surface area (Å²) in [5.74, 6) is -2.10. The van der Waals surface area contributed by atoms with E-state index >= 15 is 0 Å². The van der Waals surface area contributed by atoms with Crippen molar-refractivity contribution in [2.24, 2.45) is 5.41 Å². The number of hydrogen-bond donors (Lipinski definition) is 1. The maximum atomic E-state index is 14.3. The van der Waals surface area contributed by atoms with Crippen molar-refractivity contribution in [2.45, 2.75) is 52.1 Å². The predicted molar refractivity (Wildman–Crippen MR) is 94.4 cm³/mol. The molecule has 26 heavy (non-hydrogen) atoms. The van der Waals surface area contributed by atoms with Gasteiger partial charge in [-0.05, 0) is 43.9 Å². The van der Waals surface area contributed by atoms with Crippen LogP contribution in [0.1, 0.15) is 56.8 Å². The minimum atomic E-state index is -4.22. The van der Waals surface area contributed by atoms with Gasteiger partial charge in [0.1, 0.15) is 18.0 Å². The molecule has 1 N–H and O–H groups in total. The van der Waals surface area contributed by atoms with Gasteiger partial charge in [-0.1, -0.05) is 20.8 Å². The topological polar surface area (TPSA) is 89.9 Å². The SMILES string of the molecule is CC(C)(C)C1(Oc2cc(C(=O)OCCS(=O)(=O)O)ccc2F)CCCC1. The minimum Gasteiger partial charge on any atom is -0.484 e. The largest absolute Gasteiger partial charge is 0.484 e. The van der Waals surface area contributed by atoms with E-state index < -0.39 is 39.9 Å². The highest BCUT2D eigenvalue weighted by molar-refractivity contribution is 7.85. The van der Waals surface area contributed by atoms with E-state index in [0.29, 0.717) is 0 Å². The first-order chi connectivity index (χ1) is 11.9. The van der Waals surface area contributed by atoms with Gasteiger partial charge >= 0.3 is 5.97 Å². The Labute approximate surface area is 153 Å². The first kappa shape index (κ1) is 20.6. The number of hydrogen-bond acceptors (Lipinski definition) is 5. The van der Waals surface area contributed by atoms with Crippen molar-refractivity contribution >= 4 is 16.1 Å². The van der Waals surface area contributed by atoms with Crippen LogP contribution in [0.25, 0.3) is 0 Å². The van der Waals surface area contributed by atoms with Gasteiger partial charge in [0.05, 0.1) is 5.56 Å². The molecular weight excluding hydrogens is 363 g/mol. The van der Waals surface area contributed by atoms with Crippen molar-refractivity contribution in [2.75, 3.05) is 12.4 Å². The van der Waals surface area contributed by atoms with E-state index in [9.17, 15) is 17.6 Å². The monoisotopic (exact) mass is 388 g/mol. The molecule has 146 valence electrons. The van der Waals surface area contributed by atoms with Crippen LogP contribution < -0.4 is 4.74 Å². The van der Waals surface area contributed by atoms with Crippen LogP contribution >= 0.6 is 0 Å². The molecule has 0 atom stereocenters. The van der Waals surface area contributed by atoms with Crippen LogP contribution in [-0.2, 0) is 14.9 Å². The molecule has 0 aliphatic heterocycles. The number of esters is 1. The lowest BCUT2D eigenvalue weighted by molar-refractivity contribution is -0.0297. The Morgan fingerprint density at radius 3 is 2.42 bits per heavy atom. The zero-order chi connectivity index (χ0) is 19.6. The standard InChI is InChI=1S/C18H25FO6S/c1-17(2,3)18(8-4-5-9-18)25-15-12-13(6-7-14(15)19)16(20)24-10-11-26(21,22)23/h6-7,12H,4-5,8-11H2,1-3H3,(H,21,22,23). The Bertz CT molecular complexity index is 760. The van der Waals surface area contributed by atoms with Gasteiger partial charge in [-0.3, -0.25) is 4.55 Å². The summed E-state index contributed by atoms with van der Waals surface area (Å²) >= 11 is 0. The summed E-state index contributed by atoms with van der Waals surface area (Å²) < 4.78 is 55.1. The smallest absolute Gasteiger partial charge is 0.338 e. The number of halogens is 1. The molecule has 0 amide bonds. The molecule has 0 unspecified atom stereocenters. The minimum absolute atomic E-state index is 0.0222. The predicted octanol–water partition coefficient (Wildman–Crippen LogP) is 3.61. The third kappa shape index (κ3) is 4.94. The Morgan fingerprint density at radius 1 is 1.27 bits per heavy atom. The second-order valence-corrected chi connectivity index (χ2v) is 9.19. The van der Waals surface area contributed by atoms with Crippen LogP contribution in [0.3, 0.4) is 0 Å². The lowest BCUT2D eigenvalue weighted by atomic mass is 9.75. The quantitative estimate of drug-likeness (QED) is 0.591. The van der Waals surface area contributed by atoms with Crippen molar-refractivity contribution < 1.29 is 31.6 Å². The third-order valence-electron chi connectivity index (χ3n) is 4.82. The first-order valence-corrected chi connectivity index (χ1v) is 10.2. The van der Waals surface area contributed by atoms with Crippen molar-refractivity contribution in [1.82, 2.24) is 0 Å². The van der Waals surface area contributed by atoms with Gasteiger partial charge in [-0.15, -0.1) is 0 Å². The second-order valence-electron chi connectivity index (χ2n) is 7.62. The molecule has 0 bridgehead atoms. The average Bonchev–Trinajstić information content (AvgIpc) is 2.97. The van der Waals surface area contributed by atoms with Gasteiger partial charge in [0.25, 0.3) is 10.1 Å². The van der Waals surface area contributed by atoms with Gasteiger partial charge < -0.3 is 9.47 Å². The number of ether oxygens (including phenoxy) is 2. The molecule has 1 saturated carbocycles. The first-order valence-electron chi connectivity index (χ1n) is 8.54. The van der Waals surface area contributed by atoms with Crippen molar-refractivity contribution in [3.63, 3.8) is 0 Å². The average molecular weight is 388 g/mol. The van der Waals surface area contributed by atoms with Crippen LogP contribution in [0.5, 0.6) is 5.75 Å². The Balaban J connectivity index is 2.18. The van der Waals surface area contributed by atoms with Gasteiger partial charge in [-0.25, -0.2) is 9.18 Å². The van der Waals surface area contributed by atoms with E-state index in [2.05, 4.69) is 0 Å². The number of rotatable bonds is 6. The van der Waals surface area contributed by atoms with Crippen LogP contribution in [0.15, 0.2) is 18.2 Å². The summed E-state index contributed by atoms with van der Waals surface area (Å²) in [6.45, 7) is 5.65. The molecule has 0 radical (unpaired) electrons. The van der Waals surface area contributed by atoms with E-state index in [1.807, 2.05) is 20.8 Å². The Kier molecular flexibility index (Phi) is 5.97. The van der Waals surface area contributed by atoms with Gasteiger partial charge in [0.15, 0.2) is 11.6 Å². The summed E-state index contributed by atoms with van der Waals surface area (Å²) in [6.07, 6.45) is 3.60. The fourth-order valence-electron chi connectivity index (χ4n) is 3.19. The molecule has 8 heteroatoms. The lowest BCUT2D eigenvalue weighted by Gasteiger charge is -2.42. The van der Waals surface area contributed by atoms with Gasteiger partial charge in [0.2, 0.25) is 0 Å². The van der Waals surface area contributed by atoms with E-state index in [0.717, 1.165) is 31.7 Å². The summed E-state index contributed by atoms with van der Waals surface area (Å²) in [5.41, 5.74) is -0.665. The van der Waals surface area contributed by atoms with E-state index in [1.165, 1.54) is 12.1 Å². The molecule has 0 aromatic heterocycles. The van der Waals surface area contributed by atoms with Gasteiger partial charge in [0, 0.05) is 5.41 Å². The molecule has 1 aromatic rings. The third-order valence-corrected chi connectivity index (χ3v) is 5.51. The van der Waals surface area contributed by atoms with Crippen LogP contribution in [0.2, 0.25) is 0 Å². The molecule has 1 aromatic carbocycles. The molecular formula is C18H25FO6S. The van der Waals surface area contributed by atoms with Crippen LogP contribution in [-0.4, -0.2) is 36.9 Å². The van der Waals surface area contributed by atoms with Crippen LogP contribution in [0, 0.1) is 11.2 Å². The normalized spacial score (nSPS) is 17.1. The zero-order valence-electron chi connectivity index (χ0n) is 15.2. The van der Waals surface area contributed by atoms with Crippen molar-refractivity contribution in [1.29, 1.82) is 0 Å². The highest BCUT2D eigenvalue weighted by Crippen LogP contribution is 2.47. The molecule has 6 nitrogen and oxygen atoms in total.